The summed E-state index contributed by atoms with van der Waals surface area (Å²) in [6.45, 7) is 4.31. The fourth-order valence-electron chi connectivity index (χ4n) is 2.61. The van der Waals surface area contributed by atoms with E-state index in [0.717, 1.165) is 23.4 Å². The Morgan fingerprint density at radius 2 is 2.10 bits per heavy atom. The van der Waals surface area contributed by atoms with Gasteiger partial charge in [-0.3, -0.25) is 9.59 Å². The van der Waals surface area contributed by atoms with Crippen molar-refractivity contribution in [3.8, 4) is 5.75 Å². The number of nitrogens with one attached hydrogen (secondary N) is 1. The van der Waals surface area contributed by atoms with Crippen molar-refractivity contribution < 1.29 is 14.3 Å². The summed E-state index contributed by atoms with van der Waals surface area (Å²) in [4.78, 5) is 25.6. The quantitative estimate of drug-likeness (QED) is 0.926. The summed E-state index contributed by atoms with van der Waals surface area (Å²) < 4.78 is 5.27. The normalized spacial score (nSPS) is 17.1. The molecule has 0 aromatic heterocycles. The number of anilines is 1. The first-order valence-corrected chi connectivity index (χ1v) is 7.38. The Balaban J connectivity index is 2.38. The highest BCUT2D eigenvalue weighted by Crippen LogP contribution is 2.36. The predicted molar refractivity (Wildman–Crippen MR) is 81.4 cm³/mol. The van der Waals surface area contributed by atoms with Gasteiger partial charge in [-0.25, -0.2) is 0 Å². The molecular formula is C16H22N2O3. The number of methoxy groups -OCH3 is 1. The molecule has 2 rings (SSSR count). The van der Waals surface area contributed by atoms with Crippen molar-refractivity contribution in [2.24, 2.45) is 0 Å². The van der Waals surface area contributed by atoms with E-state index in [9.17, 15) is 9.59 Å². The molecule has 1 aliphatic rings. The molecule has 5 heteroatoms. The fourth-order valence-corrected chi connectivity index (χ4v) is 2.61. The third-order valence-electron chi connectivity index (χ3n) is 3.80. The molecule has 0 saturated heterocycles. The topological polar surface area (TPSA) is 58.6 Å². The van der Waals surface area contributed by atoms with Crippen molar-refractivity contribution in [3.63, 3.8) is 0 Å². The van der Waals surface area contributed by atoms with Crippen LogP contribution in [0.2, 0.25) is 0 Å². The molecule has 1 aromatic rings. The van der Waals surface area contributed by atoms with Crippen LogP contribution in [0.1, 0.15) is 44.7 Å². The van der Waals surface area contributed by atoms with Gasteiger partial charge in [0.05, 0.1) is 13.2 Å². The van der Waals surface area contributed by atoms with E-state index in [1.165, 1.54) is 0 Å². The number of ether oxygens (including phenoxy) is 1. The van der Waals surface area contributed by atoms with E-state index in [4.69, 9.17) is 4.74 Å². The van der Waals surface area contributed by atoms with Crippen LogP contribution in [0.3, 0.4) is 0 Å². The van der Waals surface area contributed by atoms with Crippen LogP contribution in [0, 0.1) is 0 Å². The molecule has 21 heavy (non-hydrogen) atoms. The lowest BCUT2D eigenvalue weighted by atomic mass is 9.95. The number of carbonyl (C=O) groups excluding carboxylic acids is 2. The second-order valence-corrected chi connectivity index (χ2v) is 5.09. The maximum absolute atomic E-state index is 12.1. The molecule has 0 radical (unpaired) electrons. The Hall–Kier alpha value is -2.04. The molecule has 0 bridgehead atoms. The fraction of sp³-hybridized carbons (Fsp3) is 0.500. The van der Waals surface area contributed by atoms with E-state index in [2.05, 4.69) is 5.32 Å². The zero-order valence-electron chi connectivity index (χ0n) is 12.8. The van der Waals surface area contributed by atoms with Crippen molar-refractivity contribution >= 4 is 17.5 Å². The maximum Gasteiger partial charge on any atom is 0.226 e. The van der Waals surface area contributed by atoms with Gasteiger partial charge in [-0.05, 0) is 24.6 Å². The number of amides is 2. The Kier molecular flexibility index (Phi) is 4.83. The van der Waals surface area contributed by atoms with Gasteiger partial charge in [-0.15, -0.1) is 0 Å². The van der Waals surface area contributed by atoms with Gasteiger partial charge in [0.2, 0.25) is 11.8 Å². The van der Waals surface area contributed by atoms with Crippen LogP contribution in [-0.4, -0.2) is 25.5 Å². The average molecular weight is 290 g/mol. The summed E-state index contributed by atoms with van der Waals surface area (Å²) >= 11 is 0. The third kappa shape index (κ3) is 3.17. The van der Waals surface area contributed by atoms with E-state index in [0.29, 0.717) is 19.4 Å². The summed E-state index contributed by atoms with van der Waals surface area (Å²) in [6.07, 6.45) is 1.64. The molecule has 0 fully saturated rings. The van der Waals surface area contributed by atoms with Crippen molar-refractivity contribution in [3.05, 3.63) is 23.8 Å². The minimum absolute atomic E-state index is 0.0176. The van der Waals surface area contributed by atoms with Gasteiger partial charge in [0.1, 0.15) is 5.75 Å². The number of rotatable bonds is 4. The molecule has 5 nitrogen and oxygen atoms in total. The van der Waals surface area contributed by atoms with Crippen molar-refractivity contribution in [1.29, 1.82) is 0 Å². The number of carbonyl (C=O) groups is 2. The Labute approximate surface area is 125 Å². The van der Waals surface area contributed by atoms with Gasteiger partial charge >= 0.3 is 0 Å². The lowest BCUT2D eigenvalue weighted by Gasteiger charge is -2.34. The predicted octanol–water partition coefficient (Wildman–Crippen LogP) is 2.41. The molecule has 114 valence electrons. The number of fused-ring (bicyclic) bond motifs is 1. The number of benzene rings is 1. The molecule has 2 amide bonds. The SMILES string of the molecule is CCC(=O)N[C@@H]1CCN(C(=O)CC)c2ccc(OC)cc21. The Bertz CT molecular complexity index is 542. The highest BCUT2D eigenvalue weighted by molar-refractivity contribution is 5.94. The first-order valence-electron chi connectivity index (χ1n) is 7.38. The van der Waals surface area contributed by atoms with Crippen LogP contribution in [-0.2, 0) is 9.59 Å². The Morgan fingerprint density at radius 1 is 1.33 bits per heavy atom. The molecule has 1 heterocycles. The zero-order chi connectivity index (χ0) is 15.4. The minimum atomic E-state index is -0.0662. The number of hydrogen-bond acceptors (Lipinski definition) is 3. The molecule has 0 spiro atoms. The molecule has 1 aliphatic heterocycles. The molecule has 0 aliphatic carbocycles. The van der Waals surface area contributed by atoms with Gasteiger partial charge in [0.25, 0.3) is 0 Å². The summed E-state index contributed by atoms with van der Waals surface area (Å²) in [5.74, 6) is 0.848. The minimum Gasteiger partial charge on any atom is -0.497 e. The number of nitrogens with zero attached hydrogens (tertiary/aromatic N) is 1. The maximum atomic E-state index is 12.1. The molecule has 1 N–H and O–H groups in total. The van der Waals surface area contributed by atoms with Crippen LogP contribution < -0.4 is 15.0 Å². The van der Waals surface area contributed by atoms with Gasteiger partial charge in [-0.1, -0.05) is 13.8 Å². The molecule has 1 atom stereocenters. The van der Waals surface area contributed by atoms with E-state index in [-0.39, 0.29) is 17.9 Å². The average Bonchev–Trinajstić information content (AvgIpc) is 2.53. The van der Waals surface area contributed by atoms with E-state index in [1.54, 1.807) is 12.0 Å². The highest BCUT2D eigenvalue weighted by Gasteiger charge is 2.29. The lowest BCUT2D eigenvalue weighted by molar-refractivity contribution is -0.121. The standard InChI is InChI=1S/C16H22N2O3/c1-4-15(19)17-13-8-9-18(16(20)5-2)14-7-6-11(21-3)10-12(13)14/h6-7,10,13H,4-5,8-9H2,1-3H3,(H,17,19)/t13-/m1/s1. The largest absolute Gasteiger partial charge is 0.497 e. The van der Waals surface area contributed by atoms with Crippen molar-refractivity contribution in [2.45, 2.75) is 39.2 Å². The van der Waals surface area contributed by atoms with E-state index >= 15 is 0 Å². The highest BCUT2D eigenvalue weighted by atomic mass is 16.5. The van der Waals surface area contributed by atoms with Gasteiger partial charge in [0, 0.05) is 30.6 Å². The van der Waals surface area contributed by atoms with Gasteiger partial charge < -0.3 is 15.0 Å². The van der Waals surface area contributed by atoms with Gasteiger partial charge in [0.15, 0.2) is 0 Å². The van der Waals surface area contributed by atoms with E-state index in [1.807, 2.05) is 32.0 Å². The molecule has 0 unspecified atom stereocenters. The van der Waals surface area contributed by atoms with Crippen LogP contribution in [0.4, 0.5) is 5.69 Å². The summed E-state index contributed by atoms with van der Waals surface area (Å²) in [7, 11) is 1.61. The van der Waals surface area contributed by atoms with Crippen molar-refractivity contribution in [1.82, 2.24) is 5.32 Å². The monoisotopic (exact) mass is 290 g/mol. The van der Waals surface area contributed by atoms with E-state index < -0.39 is 0 Å². The summed E-state index contributed by atoms with van der Waals surface area (Å²) in [6, 6.07) is 5.58. The van der Waals surface area contributed by atoms with Crippen LogP contribution in [0.5, 0.6) is 5.75 Å². The molecule has 1 aromatic carbocycles. The number of hydrogen-bond donors (Lipinski definition) is 1. The summed E-state index contributed by atoms with van der Waals surface area (Å²) in [5, 5.41) is 3.02. The van der Waals surface area contributed by atoms with Gasteiger partial charge in [-0.2, -0.15) is 0 Å². The van der Waals surface area contributed by atoms with Crippen LogP contribution in [0.25, 0.3) is 0 Å². The first-order chi connectivity index (χ1) is 10.1. The second-order valence-electron chi connectivity index (χ2n) is 5.09. The summed E-state index contributed by atoms with van der Waals surface area (Å²) in [5.41, 5.74) is 1.82. The lowest BCUT2D eigenvalue weighted by Crippen LogP contribution is -2.40. The third-order valence-corrected chi connectivity index (χ3v) is 3.80. The molecular weight excluding hydrogens is 268 g/mol. The molecule has 0 saturated carbocycles. The second kappa shape index (κ2) is 6.61. The van der Waals surface area contributed by atoms with Crippen LogP contribution in [0.15, 0.2) is 18.2 Å². The zero-order valence-corrected chi connectivity index (χ0v) is 12.8. The first kappa shape index (κ1) is 15.4. The Morgan fingerprint density at radius 3 is 2.71 bits per heavy atom. The van der Waals surface area contributed by atoms with Crippen molar-refractivity contribution in [2.75, 3.05) is 18.6 Å². The smallest absolute Gasteiger partial charge is 0.226 e. The van der Waals surface area contributed by atoms with Crippen LogP contribution >= 0.6 is 0 Å².